The maximum atomic E-state index is 11.9. The van der Waals surface area contributed by atoms with E-state index < -0.39 is 0 Å². The Morgan fingerprint density at radius 3 is 3.00 bits per heavy atom. The van der Waals surface area contributed by atoms with Gasteiger partial charge in [0.05, 0.1) is 6.20 Å². The summed E-state index contributed by atoms with van der Waals surface area (Å²) in [6.45, 7) is 0. The highest BCUT2D eigenvalue weighted by Gasteiger charge is 2.39. The highest BCUT2D eigenvalue weighted by molar-refractivity contribution is 5.92. The second-order valence-electron chi connectivity index (χ2n) is 4.35. The summed E-state index contributed by atoms with van der Waals surface area (Å²) in [5, 5.41) is 9.39. The molecule has 4 heteroatoms. The van der Waals surface area contributed by atoms with E-state index in [1.165, 1.54) is 0 Å². The molecule has 1 aromatic heterocycles. The molecule has 4 nitrogen and oxygen atoms in total. The quantitative estimate of drug-likeness (QED) is 0.717. The first kappa shape index (κ1) is 8.71. The van der Waals surface area contributed by atoms with Crippen LogP contribution in [-0.4, -0.2) is 16.1 Å². The molecule has 2 aliphatic carbocycles. The van der Waals surface area contributed by atoms with Gasteiger partial charge in [-0.15, -0.1) is 0 Å². The van der Waals surface area contributed by atoms with Gasteiger partial charge in [0.2, 0.25) is 5.91 Å². The van der Waals surface area contributed by atoms with E-state index in [-0.39, 0.29) is 11.8 Å². The van der Waals surface area contributed by atoms with Crippen molar-refractivity contribution in [2.24, 2.45) is 17.8 Å². The monoisotopic (exact) mass is 203 g/mol. The number of H-pyrrole nitrogens is 1. The van der Waals surface area contributed by atoms with Crippen LogP contribution in [0.25, 0.3) is 0 Å². The molecule has 2 unspecified atom stereocenters. The summed E-state index contributed by atoms with van der Waals surface area (Å²) in [7, 11) is 0. The molecule has 78 valence electrons. The van der Waals surface area contributed by atoms with E-state index in [1.54, 1.807) is 12.3 Å². The zero-order valence-corrected chi connectivity index (χ0v) is 8.31. The van der Waals surface area contributed by atoms with E-state index in [0.717, 1.165) is 12.8 Å². The molecule has 2 N–H and O–H groups in total. The van der Waals surface area contributed by atoms with Crippen molar-refractivity contribution in [2.45, 2.75) is 12.8 Å². The first-order valence-electron chi connectivity index (χ1n) is 5.31. The Labute approximate surface area is 87.8 Å². The number of hydrogen-bond acceptors (Lipinski definition) is 2. The smallest absolute Gasteiger partial charge is 0.229 e. The highest BCUT2D eigenvalue weighted by atomic mass is 16.2. The molecule has 0 aromatic carbocycles. The van der Waals surface area contributed by atoms with Gasteiger partial charge in [-0.25, -0.2) is 0 Å². The fraction of sp³-hybridized carbons (Fsp3) is 0.455. The number of carbonyl (C=O) groups is 1. The summed E-state index contributed by atoms with van der Waals surface area (Å²) in [5.74, 6) is 2.05. The minimum absolute atomic E-state index is 0.121. The van der Waals surface area contributed by atoms with Gasteiger partial charge in [0.25, 0.3) is 0 Å². The largest absolute Gasteiger partial charge is 0.311 e. The van der Waals surface area contributed by atoms with Gasteiger partial charge in [0, 0.05) is 12.0 Å². The average Bonchev–Trinajstić information content (AvgIpc) is 2.93. The van der Waals surface area contributed by atoms with Crippen molar-refractivity contribution in [3.05, 3.63) is 24.4 Å². The molecule has 0 aliphatic heterocycles. The number of allylic oxidation sites excluding steroid dienone is 2. The molecule has 1 aromatic rings. The molecule has 0 radical (unpaired) electrons. The number of nitrogens with one attached hydrogen (secondary N) is 2. The van der Waals surface area contributed by atoms with Crippen LogP contribution in [0, 0.1) is 17.8 Å². The topological polar surface area (TPSA) is 57.8 Å². The van der Waals surface area contributed by atoms with Gasteiger partial charge in [-0.3, -0.25) is 9.89 Å². The third-order valence-corrected chi connectivity index (χ3v) is 3.37. The third kappa shape index (κ3) is 1.46. The second-order valence-corrected chi connectivity index (χ2v) is 4.35. The summed E-state index contributed by atoms with van der Waals surface area (Å²) in [6, 6.07) is 1.76. The number of nitrogens with zero attached hydrogens (tertiary/aromatic N) is 1. The van der Waals surface area contributed by atoms with Crippen molar-refractivity contribution in [3.63, 3.8) is 0 Å². The van der Waals surface area contributed by atoms with Crippen molar-refractivity contribution in [1.82, 2.24) is 10.2 Å². The van der Waals surface area contributed by atoms with Gasteiger partial charge in [-0.2, -0.15) is 5.10 Å². The molecule has 0 spiro atoms. The third-order valence-electron chi connectivity index (χ3n) is 3.37. The fourth-order valence-corrected chi connectivity index (χ4v) is 2.63. The first-order valence-corrected chi connectivity index (χ1v) is 5.31. The van der Waals surface area contributed by atoms with Crippen molar-refractivity contribution >= 4 is 11.7 Å². The Hall–Kier alpha value is -1.58. The lowest BCUT2D eigenvalue weighted by Crippen LogP contribution is -2.26. The lowest BCUT2D eigenvalue weighted by atomic mass is 9.93. The van der Waals surface area contributed by atoms with Crippen molar-refractivity contribution in [1.29, 1.82) is 0 Å². The number of aromatic nitrogens is 2. The minimum atomic E-state index is 0.121. The van der Waals surface area contributed by atoms with Crippen LogP contribution in [0.4, 0.5) is 5.82 Å². The molecule has 2 aliphatic rings. The molecule has 15 heavy (non-hydrogen) atoms. The normalized spacial score (nSPS) is 32.1. The molecule has 1 amide bonds. The van der Waals surface area contributed by atoms with Crippen LogP contribution in [-0.2, 0) is 4.79 Å². The average molecular weight is 203 g/mol. The number of anilines is 1. The van der Waals surface area contributed by atoms with Crippen molar-refractivity contribution in [3.8, 4) is 0 Å². The molecule has 1 fully saturated rings. The second kappa shape index (κ2) is 3.22. The van der Waals surface area contributed by atoms with Gasteiger partial charge in [0.15, 0.2) is 0 Å². The van der Waals surface area contributed by atoms with Gasteiger partial charge >= 0.3 is 0 Å². The Morgan fingerprint density at radius 1 is 1.47 bits per heavy atom. The van der Waals surface area contributed by atoms with E-state index in [4.69, 9.17) is 0 Å². The number of aromatic amines is 1. The lowest BCUT2D eigenvalue weighted by molar-refractivity contribution is -0.120. The van der Waals surface area contributed by atoms with E-state index in [1.807, 2.05) is 0 Å². The zero-order valence-electron chi connectivity index (χ0n) is 8.31. The molecular formula is C11H13N3O. The number of fused-ring (bicyclic) bond motifs is 2. The van der Waals surface area contributed by atoms with Crippen LogP contribution in [0.15, 0.2) is 24.4 Å². The molecule has 3 atom stereocenters. The van der Waals surface area contributed by atoms with Crippen LogP contribution < -0.4 is 5.32 Å². The molecule has 1 heterocycles. The summed E-state index contributed by atoms with van der Waals surface area (Å²) in [5.41, 5.74) is 0. The summed E-state index contributed by atoms with van der Waals surface area (Å²) < 4.78 is 0. The number of carbonyl (C=O) groups excluding carboxylic acids is 1. The van der Waals surface area contributed by atoms with E-state index in [9.17, 15) is 4.79 Å². The molecule has 2 bridgehead atoms. The lowest BCUT2D eigenvalue weighted by Gasteiger charge is -2.16. The Kier molecular flexibility index (Phi) is 1.87. The predicted molar refractivity (Wildman–Crippen MR) is 56.1 cm³/mol. The van der Waals surface area contributed by atoms with Gasteiger partial charge < -0.3 is 5.32 Å². The Bertz CT molecular complexity index is 396. The van der Waals surface area contributed by atoms with Crippen LogP contribution in [0.1, 0.15) is 12.8 Å². The maximum absolute atomic E-state index is 11.9. The Balaban J connectivity index is 1.68. The SMILES string of the molecule is O=C(Nc1ccn[nH]1)C1C[C@H]2C=CC1C2. The maximum Gasteiger partial charge on any atom is 0.229 e. The zero-order chi connectivity index (χ0) is 10.3. The number of amides is 1. The van der Waals surface area contributed by atoms with Crippen molar-refractivity contribution < 1.29 is 4.79 Å². The number of hydrogen-bond donors (Lipinski definition) is 2. The number of rotatable bonds is 2. The van der Waals surface area contributed by atoms with Gasteiger partial charge in [-0.1, -0.05) is 12.2 Å². The Morgan fingerprint density at radius 2 is 2.40 bits per heavy atom. The molecule has 0 saturated heterocycles. The summed E-state index contributed by atoms with van der Waals surface area (Å²) in [4.78, 5) is 11.9. The predicted octanol–water partition coefficient (Wildman–Crippen LogP) is 1.56. The summed E-state index contributed by atoms with van der Waals surface area (Å²) in [6.07, 6.45) is 8.22. The molecular weight excluding hydrogens is 190 g/mol. The standard InChI is InChI=1S/C11H13N3O/c15-11(13-10-3-4-12-14-10)9-6-7-1-2-8(9)5-7/h1-4,7-9H,5-6H2,(H2,12,13,14,15)/t7-,8?,9?/m0/s1. The molecule has 3 rings (SSSR count). The highest BCUT2D eigenvalue weighted by Crippen LogP contribution is 2.43. The summed E-state index contributed by atoms with van der Waals surface area (Å²) >= 11 is 0. The van der Waals surface area contributed by atoms with Crippen LogP contribution in [0.3, 0.4) is 0 Å². The molecule has 1 saturated carbocycles. The van der Waals surface area contributed by atoms with Crippen LogP contribution >= 0.6 is 0 Å². The minimum Gasteiger partial charge on any atom is -0.311 e. The van der Waals surface area contributed by atoms with E-state index in [2.05, 4.69) is 27.7 Å². The van der Waals surface area contributed by atoms with E-state index >= 15 is 0 Å². The first-order chi connectivity index (χ1) is 7.33. The van der Waals surface area contributed by atoms with Crippen LogP contribution in [0.2, 0.25) is 0 Å². The van der Waals surface area contributed by atoms with Gasteiger partial charge in [0.1, 0.15) is 5.82 Å². The fourth-order valence-electron chi connectivity index (χ4n) is 2.63. The van der Waals surface area contributed by atoms with Crippen molar-refractivity contribution in [2.75, 3.05) is 5.32 Å². The van der Waals surface area contributed by atoms with Crippen LogP contribution in [0.5, 0.6) is 0 Å². The van der Waals surface area contributed by atoms with E-state index in [0.29, 0.717) is 17.7 Å². The van der Waals surface area contributed by atoms with Gasteiger partial charge in [-0.05, 0) is 24.7 Å².